The zero-order chi connectivity index (χ0) is 12.3. The van der Waals surface area contributed by atoms with Crippen molar-refractivity contribution in [2.24, 2.45) is 11.3 Å². The Morgan fingerprint density at radius 3 is 2.65 bits per heavy atom. The number of rotatable bonds is 3. The Bertz CT molecular complexity index is 265. The van der Waals surface area contributed by atoms with Crippen LogP contribution in [0.15, 0.2) is 0 Å². The van der Waals surface area contributed by atoms with Gasteiger partial charge in [0.1, 0.15) is 0 Å². The molecule has 98 valence electrons. The Hall–Kier alpha value is -0.570. The molecule has 0 bridgehead atoms. The highest BCUT2D eigenvalue weighted by molar-refractivity contribution is 5.82. The number of amides is 1. The molecule has 0 aromatic carbocycles. The Kier molecular flexibility index (Phi) is 4.08. The average molecular weight is 238 g/mol. The second kappa shape index (κ2) is 5.38. The van der Waals surface area contributed by atoms with E-state index in [2.05, 4.69) is 24.5 Å². The van der Waals surface area contributed by atoms with Crippen molar-refractivity contribution < 1.29 is 4.79 Å². The van der Waals surface area contributed by atoms with Crippen molar-refractivity contribution in [3.63, 3.8) is 0 Å². The summed E-state index contributed by atoms with van der Waals surface area (Å²) in [6, 6.07) is 0.316. The van der Waals surface area contributed by atoms with Crippen molar-refractivity contribution in [1.82, 2.24) is 10.6 Å². The van der Waals surface area contributed by atoms with Gasteiger partial charge in [0.25, 0.3) is 0 Å². The third-order valence-corrected chi connectivity index (χ3v) is 4.67. The van der Waals surface area contributed by atoms with E-state index in [4.69, 9.17) is 0 Å². The Morgan fingerprint density at radius 1 is 1.35 bits per heavy atom. The van der Waals surface area contributed by atoms with Crippen LogP contribution in [0.2, 0.25) is 0 Å². The molecule has 3 heteroatoms. The molecule has 1 amide bonds. The Labute approximate surface area is 105 Å². The van der Waals surface area contributed by atoms with E-state index in [1.54, 1.807) is 0 Å². The lowest BCUT2D eigenvalue weighted by Crippen LogP contribution is -2.47. The summed E-state index contributed by atoms with van der Waals surface area (Å²) < 4.78 is 0. The molecule has 2 fully saturated rings. The zero-order valence-corrected chi connectivity index (χ0v) is 11.2. The van der Waals surface area contributed by atoms with Crippen LogP contribution in [-0.4, -0.2) is 25.0 Å². The normalized spacial score (nSPS) is 29.9. The number of carbonyl (C=O) groups excluding carboxylic acids is 1. The van der Waals surface area contributed by atoms with Gasteiger partial charge in [-0.05, 0) is 45.2 Å². The van der Waals surface area contributed by atoms with Crippen molar-refractivity contribution in [2.75, 3.05) is 13.1 Å². The van der Waals surface area contributed by atoms with Gasteiger partial charge >= 0.3 is 0 Å². The molecule has 2 aliphatic rings. The largest absolute Gasteiger partial charge is 0.353 e. The molecule has 3 nitrogen and oxygen atoms in total. The second-order valence-corrected chi connectivity index (χ2v) is 6.14. The van der Waals surface area contributed by atoms with Crippen LogP contribution in [0, 0.1) is 11.3 Å². The molecule has 1 saturated carbocycles. The molecule has 17 heavy (non-hydrogen) atoms. The molecule has 0 spiro atoms. The third kappa shape index (κ3) is 3.01. The first-order valence-corrected chi connectivity index (χ1v) is 7.13. The summed E-state index contributed by atoms with van der Waals surface area (Å²) in [5, 5.41) is 6.62. The van der Waals surface area contributed by atoms with Gasteiger partial charge in [-0.2, -0.15) is 0 Å². The average Bonchev–Trinajstić information content (AvgIpc) is 2.83. The maximum absolute atomic E-state index is 12.4. The standard InChI is InChI=1S/C14H26N2O/c1-11(12-6-9-15-10-12)16-13(17)14(2)7-4-3-5-8-14/h11-12,15H,3-10H2,1-2H3,(H,16,17). The van der Waals surface area contributed by atoms with Gasteiger partial charge in [0.05, 0.1) is 0 Å². The Balaban J connectivity index is 1.86. The summed E-state index contributed by atoms with van der Waals surface area (Å²) in [7, 11) is 0. The van der Waals surface area contributed by atoms with Crippen LogP contribution in [0.1, 0.15) is 52.4 Å². The van der Waals surface area contributed by atoms with Crippen LogP contribution in [-0.2, 0) is 4.79 Å². The monoisotopic (exact) mass is 238 g/mol. The van der Waals surface area contributed by atoms with E-state index in [1.807, 2.05) is 0 Å². The first-order chi connectivity index (χ1) is 8.12. The van der Waals surface area contributed by atoms with E-state index in [1.165, 1.54) is 25.7 Å². The topological polar surface area (TPSA) is 41.1 Å². The quantitative estimate of drug-likeness (QED) is 0.790. The lowest BCUT2D eigenvalue weighted by atomic mass is 9.75. The van der Waals surface area contributed by atoms with Gasteiger partial charge < -0.3 is 10.6 Å². The maximum atomic E-state index is 12.4. The van der Waals surface area contributed by atoms with Gasteiger partial charge in [-0.15, -0.1) is 0 Å². The van der Waals surface area contributed by atoms with E-state index in [0.717, 1.165) is 25.9 Å². The van der Waals surface area contributed by atoms with E-state index < -0.39 is 0 Å². The predicted molar refractivity (Wildman–Crippen MR) is 69.8 cm³/mol. The van der Waals surface area contributed by atoms with E-state index in [9.17, 15) is 4.79 Å². The lowest BCUT2D eigenvalue weighted by Gasteiger charge is -2.34. The summed E-state index contributed by atoms with van der Waals surface area (Å²) >= 11 is 0. The van der Waals surface area contributed by atoms with Crippen LogP contribution in [0.25, 0.3) is 0 Å². The summed E-state index contributed by atoms with van der Waals surface area (Å²) in [6.45, 7) is 6.45. The fraction of sp³-hybridized carbons (Fsp3) is 0.929. The zero-order valence-electron chi connectivity index (χ0n) is 11.2. The molecule has 0 radical (unpaired) electrons. The molecule has 1 heterocycles. The first-order valence-electron chi connectivity index (χ1n) is 7.13. The molecule has 2 rings (SSSR count). The summed E-state index contributed by atoms with van der Waals surface area (Å²) in [6.07, 6.45) is 7.04. The van der Waals surface area contributed by atoms with Crippen molar-refractivity contribution in [3.8, 4) is 0 Å². The molecule has 2 unspecified atom stereocenters. The van der Waals surface area contributed by atoms with Gasteiger partial charge in [0.2, 0.25) is 5.91 Å². The van der Waals surface area contributed by atoms with Crippen molar-refractivity contribution in [3.05, 3.63) is 0 Å². The smallest absolute Gasteiger partial charge is 0.226 e. The molecule has 1 saturated heterocycles. The molecule has 1 aliphatic heterocycles. The summed E-state index contributed by atoms with van der Waals surface area (Å²) in [4.78, 5) is 12.4. The third-order valence-electron chi connectivity index (χ3n) is 4.67. The highest BCUT2D eigenvalue weighted by Crippen LogP contribution is 2.36. The number of carbonyl (C=O) groups is 1. The lowest BCUT2D eigenvalue weighted by molar-refractivity contribution is -0.132. The van der Waals surface area contributed by atoms with Crippen molar-refractivity contribution in [2.45, 2.75) is 58.4 Å². The molecule has 0 aromatic rings. The van der Waals surface area contributed by atoms with Crippen LogP contribution >= 0.6 is 0 Å². The summed E-state index contributed by atoms with van der Waals surface area (Å²) in [5.41, 5.74) is -0.0987. The predicted octanol–water partition coefficient (Wildman–Crippen LogP) is 2.07. The SMILES string of the molecule is CC(NC(=O)C1(C)CCCCC1)C1CCNC1. The highest BCUT2D eigenvalue weighted by Gasteiger charge is 2.36. The fourth-order valence-electron chi connectivity index (χ4n) is 3.16. The Morgan fingerprint density at radius 2 is 2.06 bits per heavy atom. The molecular weight excluding hydrogens is 212 g/mol. The van der Waals surface area contributed by atoms with Gasteiger partial charge in [0, 0.05) is 11.5 Å². The first kappa shape index (κ1) is 12.9. The van der Waals surface area contributed by atoms with Gasteiger partial charge in [-0.25, -0.2) is 0 Å². The molecule has 0 aromatic heterocycles. The number of hydrogen-bond acceptors (Lipinski definition) is 2. The number of nitrogens with one attached hydrogen (secondary N) is 2. The number of hydrogen-bond donors (Lipinski definition) is 2. The van der Waals surface area contributed by atoms with Crippen molar-refractivity contribution >= 4 is 5.91 Å². The minimum Gasteiger partial charge on any atom is -0.353 e. The fourth-order valence-corrected chi connectivity index (χ4v) is 3.16. The second-order valence-electron chi connectivity index (χ2n) is 6.14. The van der Waals surface area contributed by atoms with Gasteiger partial charge in [-0.1, -0.05) is 26.2 Å². The van der Waals surface area contributed by atoms with Crippen molar-refractivity contribution in [1.29, 1.82) is 0 Å². The summed E-state index contributed by atoms with van der Waals surface area (Å²) in [5.74, 6) is 0.905. The van der Waals surface area contributed by atoms with Gasteiger partial charge in [-0.3, -0.25) is 4.79 Å². The highest BCUT2D eigenvalue weighted by atomic mass is 16.2. The van der Waals surface area contributed by atoms with Crippen LogP contribution < -0.4 is 10.6 Å². The molecule has 1 aliphatic carbocycles. The van der Waals surface area contributed by atoms with Crippen LogP contribution in [0.4, 0.5) is 0 Å². The van der Waals surface area contributed by atoms with Crippen LogP contribution in [0.3, 0.4) is 0 Å². The molecule has 2 N–H and O–H groups in total. The maximum Gasteiger partial charge on any atom is 0.226 e. The van der Waals surface area contributed by atoms with Crippen LogP contribution in [0.5, 0.6) is 0 Å². The van der Waals surface area contributed by atoms with E-state index in [0.29, 0.717) is 12.0 Å². The van der Waals surface area contributed by atoms with Gasteiger partial charge in [0.15, 0.2) is 0 Å². The van der Waals surface area contributed by atoms with E-state index >= 15 is 0 Å². The molecular formula is C14H26N2O. The minimum atomic E-state index is -0.0987. The van der Waals surface area contributed by atoms with E-state index in [-0.39, 0.29) is 11.3 Å². The molecule has 2 atom stereocenters. The minimum absolute atomic E-state index is 0.0987.